The van der Waals surface area contributed by atoms with Crippen LogP contribution in [0.4, 0.5) is 23.2 Å². The van der Waals surface area contributed by atoms with Crippen LogP contribution in [0, 0.1) is 19.7 Å². The van der Waals surface area contributed by atoms with Gasteiger partial charge in [0, 0.05) is 12.2 Å². The third-order valence-electron chi connectivity index (χ3n) is 3.32. The Labute approximate surface area is 97.0 Å². The van der Waals surface area contributed by atoms with Gasteiger partial charge in [0.1, 0.15) is 11.9 Å². The van der Waals surface area contributed by atoms with Crippen LogP contribution in [-0.2, 0) is 0 Å². The second-order valence-corrected chi connectivity index (χ2v) is 4.41. The molecule has 1 heterocycles. The normalized spacial score (nSPS) is 20.4. The van der Waals surface area contributed by atoms with Crippen LogP contribution >= 0.6 is 0 Å². The van der Waals surface area contributed by atoms with Gasteiger partial charge >= 0.3 is 6.18 Å². The fourth-order valence-electron chi connectivity index (χ4n) is 2.00. The molecule has 0 aliphatic carbocycles. The molecule has 1 aromatic carbocycles. The van der Waals surface area contributed by atoms with Gasteiger partial charge in [0.15, 0.2) is 0 Å². The third kappa shape index (κ3) is 2.10. The van der Waals surface area contributed by atoms with Gasteiger partial charge in [0.2, 0.25) is 0 Å². The maximum Gasteiger partial charge on any atom is 0.408 e. The van der Waals surface area contributed by atoms with Crippen molar-refractivity contribution in [1.29, 1.82) is 0 Å². The lowest BCUT2D eigenvalue weighted by atomic mass is 9.99. The highest BCUT2D eigenvalue weighted by molar-refractivity contribution is 5.54. The molecule has 0 amide bonds. The maximum absolute atomic E-state index is 13.5. The number of alkyl halides is 3. The second-order valence-electron chi connectivity index (χ2n) is 4.41. The van der Waals surface area contributed by atoms with Crippen molar-refractivity contribution in [2.75, 3.05) is 11.4 Å². The lowest BCUT2D eigenvalue weighted by molar-refractivity contribution is -0.159. The Bertz CT molecular complexity index is 416. The summed E-state index contributed by atoms with van der Waals surface area (Å²) in [5.41, 5.74) is 1.48. The molecule has 1 aliphatic heterocycles. The fourth-order valence-corrected chi connectivity index (χ4v) is 2.00. The molecular weight excluding hydrogens is 234 g/mol. The van der Waals surface area contributed by atoms with Crippen LogP contribution in [0.5, 0.6) is 0 Å². The van der Waals surface area contributed by atoms with E-state index in [1.54, 1.807) is 19.9 Å². The monoisotopic (exact) mass is 247 g/mol. The minimum absolute atomic E-state index is 0.0814. The summed E-state index contributed by atoms with van der Waals surface area (Å²) in [6, 6.07) is 1.32. The van der Waals surface area contributed by atoms with E-state index in [4.69, 9.17) is 0 Å². The van der Waals surface area contributed by atoms with Gasteiger partial charge in [-0.15, -0.1) is 0 Å². The molecule has 0 N–H and O–H groups in total. The first-order chi connectivity index (χ1) is 7.80. The number of hydrogen-bond acceptors (Lipinski definition) is 1. The standard InChI is InChI=1S/C12H13F4N/c1-7-5-9(6-10(13)8(7)2)17-4-3-11(17)12(14,15)16/h5-6,11H,3-4H2,1-2H3. The summed E-state index contributed by atoms with van der Waals surface area (Å²) in [6.07, 6.45) is -4.16. The van der Waals surface area contributed by atoms with E-state index in [-0.39, 0.29) is 6.42 Å². The Kier molecular flexibility index (Phi) is 2.79. The Hall–Kier alpha value is -1.26. The predicted octanol–water partition coefficient (Wildman–Crippen LogP) is 3.58. The molecule has 2 rings (SSSR count). The van der Waals surface area contributed by atoms with Crippen LogP contribution in [0.15, 0.2) is 12.1 Å². The lowest BCUT2D eigenvalue weighted by Crippen LogP contribution is -2.56. The quantitative estimate of drug-likeness (QED) is 0.685. The summed E-state index contributed by atoms with van der Waals surface area (Å²) in [6.45, 7) is 3.64. The van der Waals surface area contributed by atoms with Crippen molar-refractivity contribution in [2.24, 2.45) is 0 Å². The van der Waals surface area contributed by atoms with Crippen molar-refractivity contribution in [3.63, 3.8) is 0 Å². The summed E-state index contributed by atoms with van der Waals surface area (Å²) in [7, 11) is 0. The molecule has 1 atom stereocenters. The Morgan fingerprint density at radius 2 is 1.88 bits per heavy atom. The zero-order valence-electron chi connectivity index (χ0n) is 9.61. The van der Waals surface area contributed by atoms with Crippen LogP contribution in [0.3, 0.4) is 0 Å². The van der Waals surface area contributed by atoms with Gasteiger partial charge in [-0.25, -0.2) is 4.39 Å². The SMILES string of the molecule is Cc1cc(N2CCC2C(F)(F)F)cc(F)c1C. The van der Waals surface area contributed by atoms with Gasteiger partial charge in [-0.3, -0.25) is 0 Å². The molecule has 0 aromatic heterocycles. The van der Waals surface area contributed by atoms with Crippen molar-refractivity contribution in [3.05, 3.63) is 29.1 Å². The summed E-state index contributed by atoms with van der Waals surface area (Å²) >= 11 is 0. The van der Waals surface area contributed by atoms with E-state index in [0.29, 0.717) is 23.4 Å². The highest BCUT2D eigenvalue weighted by Gasteiger charge is 2.48. The van der Waals surface area contributed by atoms with Crippen molar-refractivity contribution < 1.29 is 17.6 Å². The van der Waals surface area contributed by atoms with Crippen molar-refractivity contribution >= 4 is 5.69 Å². The average Bonchev–Trinajstić information content (AvgIpc) is 2.09. The van der Waals surface area contributed by atoms with E-state index in [1.165, 1.54) is 11.0 Å². The van der Waals surface area contributed by atoms with Gasteiger partial charge in [0.25, 0.3) is 0 Å². The van der Waals surface area contributed by atoms with Crippen molar-refractivity contribution in [2.45, 2.75) is 32.5 Å². The zero-order valence-corrected chi connectivity index (χ0v) is 9.61. The number of anilines is 1. The van der Waals surface area contributed by atoms with Gasteiger partial charge < -0.3 is 4.90 Å². The van der Waals surface area contributed by atoms with E-state index < -0.39 is 18.0 Å². The zero-order chi connectivity index (χ0) is 12.8. The Balaban J connectivity index is 2.30. The van der Waals surface area contributed by atoms with Crippen molar-refractivity contribution in [1.82, 2.24) is 0 Å². The summed E-state index contributed by atoms with van der Waals surface area (Å²) < 4.78 is 51.2. The van der Waals surface area contributed by atoms with Crippen LogP contribution in [0.1, 0.15) is 17.5 Å². The van der Waals surface area contributed by atoms with Gasteiger partial charge in [-0.05, 0) is 43.5 Å². The maximum atomic E-state index is 13.5. The highest BCUT2D eigenvalue weighted by atomic mass is 19.4. The van der Waals surface area contributed by atoms with Gasteiger partial charge in [0.05, 0.1) is 0 Å². The summed E-state index contributed by atoms with van der Waals surface area (Å²) in [4.78, 5) is 1.20. The molecule has 0 spiro atoms. The molecule has 5 heteroatoms. The molecule has 0 bridgehead atoms. The Morgan fingerprint density at radius 1 is 1.24 bits per heavy atom. The van der Waals surface area contributed by atoms with Crippen LogP contribution in [0.2, 0.25) is 0 Å². The predicted molar refractivity (Wildman–Crippen MR) is 57.7 cm³/mol. The number of halogens is 4. The molecule has 0 saturated carbocycles. The molecule has 17 heavy (non-hydrogen) atoms. The third-order valence-corrected chi connectivity index (χ3v) is 3.32. The van der Waals surface area contributed by atoms with Crippen LogP contribution in [-0.4, -0.2) is 18.8 Å². The highest BCUT2D eigenvalue weighted by Crippen LogP contribution is 2.38. The summed E-state index contributed by atoms with van der Waals surface area (Å²) in [5.74, 6) is -0.451. The molecular formula is C12H13F4N. The molecule has 1 saturated heterocycles. The minimum atomic E-state index is -4.24. The first kappa shape index (κ1) is 12.2. The Morgan fingerprint density at radius 3 is 2.29 bits per heavy atom. The number of nitrogens with zero attached hydrogens (tertiary/aromatic N) is 1. The number of benzene rings is 1. The molecule has 1 aliphatic rings. The largest absolute Gasteiger partial charge is 0.408 e. The number of rotatable bonds is 1. The molecule has 0 radical (unpaired) electrons. The topological polar surface area (TPSA) is 3.24 Å². The smallest absolute Gasteiger partial charge is 0.360 e. The van der Waals surface area contributed by atoms with E-state index in [1.807, 2.05) is 0 Å². The van der Waals surface area contributed by atoms with E-state index >= 15 is 0 Å². The van der Waals surface area contributed by atoms with Gasteiger partial charge in [-0.1, -0.05) is 0 Å². The molecule has 1 fully saturated rings. The first-order valence-corrected chi connectivity index (χ1v) is 5.41. The lowest BCUT2D eigenvalue weighted by Gasteiger charge is -2.43. The fraction of sp³-hybridized carbons (Fsp3) is 0.500. The summed E-state index contributed by atoms with van der Waals surface area (Å²) in [5, 5.41) is 0. The molecule has 94 valence electrons. The van der Waals surface area contributed by atoms with E-state index in [9.17, 15) is 17.6 Å². The first-order valence-electron chi connectivity index (χ1n) is 5.41. The average molecular weight is 247 g/mol. The van der Waals surface area contributed by atoms with Crippen LogP contribution in [0.25, 0.3) is 0 Å². The molecule has 1 nitrogen and oxygen atoms in total. The van der Waals surface area contributed by atoms with Crippen molar-refractivity contribution in [3.8, 4) is 0 Å². The van der Waals surface area contributed by atoms with E-state index in [2.05, 4.69) is 0 Å². The number of aryl methyl sites for hydroxylation is 1. The molecule has 1 unspecified atom stereocenters. The minimum Gasteiger partial charge on any atom is -0.360 e. The number of hydrogen-bond donors (Lipinski definition) is 0. The van der Waals surface area contributed by atoms with E-state index in [0.717, 1.165) is 0 Å². The van der Waals surface area contributed by atoms with Gasteiger partial charge in [-0.2, -0.15) is 13.2 Å². The molecule has 1 aromatic rings. The van der Waals surface area contributed by atoms with Crippen LogP contribution < -0.4 is 4.90 Å². The second kappa shape index (κ2) is 3.89.